The minimum atomic E-state index is -3.24. The molecule has 0 radical (unpaired) electrons. The highest BCUT2D eigenvalue weighted by molar-refractivity contribution is 9.10. The van der Waals surface area contributed by atoms with Crippen molar-refractivity contribution in [2.45, 2.75) is 20.0 Å². The van der Waals surface area contributed by atoms with Crippen LogP contribution in [0.2, 0.25) is 0 Å². The first-order chi connectivity index (χ1) is 7.94. The zero-order valence-corrected chi connectivity index (χ0v) is 12.1. The SMILES string of the molecule is CCS(=O)(=O)N1CC(C)Oc2cc(Br)ccc21. The third-order valence-electron chi connectivity index (χ3n) is 2.64. The van der Waals surface area contributed by atoms with Crippen LogP contribution in [0.15, 0.2) is 22.7 Å². The van der Waals surface area contributed by atoms with E-state index in [1.54, 1.807) is 19.1 Å². The summed E-state index contributed by atoms with van der Waals surface area (Å²) >= 11 is 3.35. The summed E-state index contributed by atoms with van der Waals surface area (Å²) in [6.07, 6.45) is -0.141. The fourth-order valence-electron chi connectivity index (χ4n) is 1.79. The van der Waals surface area contributed by atoms with E-state index >= 15 is 0 Å². The van der Waals surface area contributed by atoms with Gasteiger partial charge in [0.2, 0.25) is 10.0 Å². The summed E-state index contributed by atoms with van der Waals surface area (Å²) in [6.45, 7) is 3.88. The Hall–Kier alpha value is -0.750. The fourth-order valence-corrected chi connectivity index (χ4v) is 3.33. The Morgan fingerprint density at radius 1 is 1.53 bits per heavy atom. The van der Waals surface area contributed by atoms with Crippen LogP contribution in [-0.4, -0.2) is 26.8 Å². The molecule has 1 aliphatic rings. The smallest absolute Gasteiger partial charge is 0.235 e. The standard InChI is InChI=1S/C11H14BrNO3S/c1-3-17(14,15)13-7-8(2)16-11-6-9(12)4-5-10(11)13/h4-6,8H,3,7H2,1-2H3. The largest absolute Gasteiger partial charge is 0.487 e. The molecule has 0 aliphatic carbocycles. The van der Waals surface area contributed by atoms with E-state index in [9.17, 15) is 8.42 Å². The molecular formula is C11H14BrNO3S. The molecule has 0 saturated heterocycles. The molecule has 0 fully saturated rings. The van der Waals surface area contributed by atoms with Crippen molar-refractivity contribution >= 4 is 31.6 Å². The molecule has 1 heterocycles. The number of benzene rings is 1. The van der Waals surface area contributed by atoms with Gasteiger partial charge in [0, 0.05) is 4.47 Å². The monoisotopic (exact) mass is 319 g/mol. The van der Waals surface area contributed by atoms with Crippen LogP contribution >= 0.6 is 15.9 Å². The van der Waals surface area contributed by atoms with E-state index in [1.165, 1.54) is 4.31 Å². The van der Waals surface area contributed by atoms with E-state index < -0.39 is 10.0 Å². The van der Waals surface area contributed by atoms with Crippen LogP contribution in [0.3, 0.4) is 0 Å². The van der Waals surface area contributed by atoms with Crippen LogP contribution in [0, 0.1) is 0 Å². The average molecular weight is 320 g/mol. The summed E-state index contributed by atoms with van der Waals surface area (Å²) in [4.78, 5) is 0. The molecule has 4 nitrogen and oxygen atoms in total. The number of nitrogens with zero attached hydrogens (tertiary/aromatic N) is 1. The highest BCUT2D eigenvalue weighted by Gasteiger charge is 2.30. The van der Waals surface area contributed by atoms with Crippen molar-refractivity contribution in [1.82, 2.24) is 0 Å². The number of fused-ring (bicyclic) bond motifs is 1. The summed E-state index contributed by atoms with van der Waals surface area (Å²) in [6, 6.07) is 5.37. The summed E-state index contributed by atoms with van der Waals surface area (Å²) in [5.74, 6) is 0.699. The van der Waals surface area contributed by atoms with E-state index in [0.29, 0.717) is 18.0 Å². The van der Waals surface area contributed by atoms with Gasteiger partial charge in [0.25, 0.3) is 0 Å². The maximum atomic E-state index is 12.0. The summed E-state index contributed by atoms with van der Waals surface area (Å²) in [5, 5.41) is 0. The highest BCUT2D eigenvalue weighted by Crippen LogP contribution is 2.37. The molecule has 17 heavy (non-hydrogen) atoms. The van der Waals surface area contributed by atoms with Crippen LogP contribution in [0.1, 0.15) is 13.8 Å². The molecule has 0 aromatic heterocycles. The first kappa shape index (κ1) is 12.7. The third-order valence-corrected chi connectivity index (χ3v) is 4.88. The second-order valence-corrected chi connectivity index (χ2v) is 7.07. The lowest BCUT2D eigenvalue weighted by molar-refractivity contribution is 0.219. The summed E-state index contributed by atoms with van der Waals surface area (Å²) in [5.41, 5.74) is 0.619. The highest BCUT2D eigenvalue weighted by atomic mass is 79.9. The zero-order valence-electron chi connectivity index (χ0n) is 9.68. The van der Waals surface area contributed by atoms with Crippen LogP contribution in [0.5, 0.6) is 5.75 Å². The van der Waals surface area contributed by atoms with Crippen LogP contribution < -0.4 is 9.04 Å². The number of anilines is 1. The lowest BCUT2D eigenvalue weighted by Crippen LogP contribution is -2.42. The number of ether oxygens (including phenoxy) is 1. The van der Waals surface area contributed by atoms with Crippen molar-refractivity contribution in [2.24, 2.45) is 0 Å². The second-order valence-electron chi connectivity index (χ2n) is 3.97. The number of sulfonamides is 1. The fraction of sp³-hybridized carbons (Fsp3) is 0.455. The maximum absolute atomic E-state index is 12.0. The van der Waals surface area contributed by atoms with Gasteiger partial charge in [0.1, 0.15) is 11.9 Å². The number of rotatable bonds is 2. The lowest BCUT2D eigenvalue weighted by Gasteiger charge is -2.33. The van der Waals surface area contributed by atoms with Crippen molar-refractivity contribution in [1.29, 1.82) is 0 Å². The second kappa shape index (κ2) is 4.49. The molecule has 0 bridgehead atoms. The van der Waals surface area contributed by atoms with Gasteiger partial charge in [-0.25, -0.2) is 8.42 Å². The molecular weight excluding hydrogens is 306 g/mol. The Balaban J connectivity index is 2.52. The van der Waals surface area contributed by atoms with Gasteiger partial charge >= 0.3 is 0 Å². The summed E-state index contributed by atoms with van der Waals surface area (Å²) < 4.78 is 32.0. The Kier molecular flexibility index (Phi) is 3.36. The Labute approximate surface area is 110 Å². The molecule has 1 aromatic rings. The molecule has 1 aliphatic heterocycles. The normalized spacial score (nSPS) is 19.7. The predicted molar refractivity (Wildman–Crippen MR) is 71.0 cm³/mol. The van der Waals surface area contributed by atoms with Gasteiger partial charge in [-0.15, -0.1) is 0 Å². The van der Waals surface area contributed by atoms with Crippen molar-refractivity contribution in [3.8, 4) is 5.75 Å². The van der Waals surface area contributed by atoms with Gasteiger partial charge in [-0.05, 0) is 32.0 Å². The maximum Gasteiger partial charge on any atom is 0.235 e. The van der Waals surface area contributed by atoms with Gasteiger partial charge in [0.15, 0.2) is 0 Å². The Morgan fingerprint density at radius 3 is 2.88 bits per heavy atom. The molecule has 1 atom stereocenters. The van der Waals surface area contributed by atoms with Gasteiger partial charge in [0.05, 0.1) is 18.0 Å². The number of halogens is 1. The van der Waals surface area contributed by atoms with Gasteiger partial charge in [-0.1, -0.05) is 15.9 Å². The van der Waals surface area contributed by atoms with E-state index in [4.69, 9.17) is 4.74 Å². The molecule has 0 amide bonds. The zero-order chi connectivity index (χ0) is 12.6. The molecule has 0 N–H and O–H groups in total. The molecule has 0 saturated carbocycles. The van der Waals surface area contributed by atoms with Gasteiger partial charge < -0.3 is 4.74 Å². The summed E-state index contributed by atoms with van der Waals surface area (Å²) in [7, 11) is -3.24. The number of hydrogen-bond donors (Lipinski definition) is 0. The topological polar surface area (TPSA) is 46.6 Å². The quantitative estimate of drug-likeness (QED) is 0.840. The van der Waals surface area contributed by atoms with Crippen LogP contribution in [-0.2, 0) is 10.0 Å². The van der Waals surface area contributed by atoms with E-state index in [-0.39, 0.29) is 11.9 Å². The van der Waals surface area contributed by atoms with Gasteiger partial charge in [-0.2, -0.15) is 0 Å². The average Bonchev–Trinajstić information content (AvgIpc) is 2.27. The predicted octanol–water partition coefficient (Wildman–Crippen LogP) is 2.39. The van der Waals surface area contributed by atoms with Crippen molar-refractivity contribution in [3.63, 3.8) is 0 Å². The van der Waals surface area contributed by atoms with E-state index in [2.05, 4.69) is 15.9 Å². The molecule has 6 heteroatoms. The Bertz CT molecular complexity index is 530. The molecule has 94 valence electrons. The molecule has 2 rings (SSSR count). The first-order valence-corrected chi connectivity index (χ1v) is 7.81. The van der Waals surface area contributed by atoms with Crippen molar-refractivity contribution in [2.75, 3.05) is 16.6 Å². The van der Waals surface area contributed by atoms with Crippen LogP contribution in [0.4, 0.5) is 5.69 Å². The van der Waals surface area contributed by atoms with Crippen LogP contribution in [0.25, 0.3) is 0 Å². The van der Waals surface area contributed by atoms with E-state index in [0.717, 1.165) is 4.47 Å². The molecule has 0 spiro atoms. The molecule has 1 unspecified atom stereocenters. The third kappa shape index (κ3) is 2.42. The van der Waals surface area contributed by atoms with Crippen molar-refractivity contribution in [3.05, 3.63) is 22.7 Å². The molecule has 1 aromatic carbocycles. The van der Waals surface area contributed by atoms with E-state index in [1.807, 2.05) is 13.0 Å². The minimum absolute atomic E-state index is 0.0925. The number of hydrogen-bond acceptors (Lipinski definition) is 3. The first-order valence-electron chi connectivity index (χ1n) is 5.40. The van der Waals surface area contributed by atoms with Crippen molar-refractivity contribution < 1.29 is 13.2 Å². The minimum Gasteiger partial charge on any atom is -0.487 e. The van der Waals surface area contributed by atoms with Gasteiger partial charge in [-0.3, -0.25) is 4.31 Å². The lowest BCUT2D eigenvalue weighted by atomic mass is 10.2. The Morgan fingerprint density at radius 2 is 2.24 bits per heavy atom.